The maximum absolute atomic E-state index is 11.8. The zero-order valence-corrected chi connectivity index (χ0v) is 21.8. The van der Waals surface area contributed by atoms with Crippen molar-refractivity contribution in [1.29, 1.82) is 0 Å². The Morgan fingerprint density at radius 1 is 0.719 bits per heavy atom. The highest BCUT2D eigenvalue weighted by atomic mass is 16.4. The lowest BCUT2D eigenvalue weighted by molar-refractivity contribution is -0.138. The van der Waals surface area contributed by atoms with Gasteiger partial charge in [0.25, 0.3) is 0 Å². The van der Waals surface area contributed by atoms with E-state index in [1.54, 1.807) is 6.92 Å². The Balaban J connectivity index is 2.50. The fourth-order valence-electron chi connectivity index (χ4n) is 5.04. The number of hydrogen-bond donors (Lipinski definition) is 1. The molecule has 0 radical (unpaired) electrons. The van der Waals surface area contributed by atoms with E-state index in [0.717, 1.165) is 24.8 Å². The zero-order chi connectivity index (χ0) is 24.2. The summed E-state index contributed by atoms with van der Waals surface area (Å²) in [5.74, 6) is 0.795. The average Bonchev–Trinajstić information content (AvgIpc) is 2.70. The number of benzene rings is 2. The van der Waals surface area contributed by atoms with Crippen LogP contribution < -0.4 is 0 Å². The molecule has 0 saturated heterocycles. The largest absolute Gasteiger partial charge is 0.481 e. The van der Waals surface area contributed by atoms with Gasteiger partial charge in [-0.3, -0.25) is 4.79 Å². The molecule has 1 N–H and O–H groups in total. The maximum atomic E-state index is 11.8. The van der Waals surface area contributed by atoms with E-state index in [1.165, 1.54) is 33.4 Å². The molecule has 1 atom stereocenters. The molecule has 0 spiro atoms. The molecule has 0 aliphatic heterocycles. The molecule has 2 aromatic rings. The van der Waals surface area contributed by atoms with E-state index >= 15 is 0 Å². The Labute approximate surface area is 196 Å². The van der Waals surface area contributed by atoms with Crippen LogP contribution in [0.25, 0.3) is 0 Å². The minimum absolute atomic E-state index is 0.464. The highest BCUT2D eigenvalue weighted by Gasteiger charge is 2.22. The lowest BCUT2D eigenvalue weighted by Gasteiger charge is -2.26. The highest BCUT2D eigenvalue weighted by molar-refractivity contribution is 5.76. The fraction of sp³-hybridized carbons (Fsp3) is 0.567. The molecule has 0 saturated carbocycles. The smallest absolute Gasteiger partial charge is 0.310 e. The number of aliphatic carboxylic acids is 1. The van der Waals surface area contributed by atoms with Crippen molar-refractivity contribution in [2.24, 2.45) is 5.92 Å². The summed E-state index contributed by atoms with van der Waals surface area (Å²) in [5.41, 5.74) is 9.34. The van der Waals surface area contributed by atoms with Crippen LogP contribution in [0.3, 0.4) is 0 Å². The van der Waals surface area contributed by atoms with E-state index in [2.05, 4.69) is 85.7 Å². The number of carboxylic acid groups (broad SMARTS) is 1. The number of carbonyl (C=O) groups is 1. The Morgan fingerprint density at radius 2 is 1.28 bits per heavy atom. The Kier molecular flexibility index (Phi) is 9.13. The molecule has 0 aromatic heterocycles. The predicted octanol–water partition coefficient (Wildman–Crippen LogP) is 8.23. The number of hydrogen-bond acceptors (Lipinski definition) is 1. The quantitative estimate of drug-likeness (QED) is 0.407. The molecule has 2 heteroatoms. The maximum Gasteiger partial charge on any atom is 0.310 e. The van der Waals surface area contributed by atoms with E-state index in [9.17, 15) is 9.90 Å². The van der Waals surface area contributed by atoms with Gasteiger partial charge in [0.05, 0.1) is 5.92 Å². The molecule has 0 heterocycles. The van der Waals surface area contributed by atoms with Crippen LogP contribution in [-0.4, -0.2) is 11.1 Å². The van der Waals surface area contributed by atoms with Gasteiger partial charge in [0.2, 0.25) is 0 Å². The first-order chi connectivity index (χ1) is 14.9. The Hall–Kier alpha value is -2.09. The van der Waals surface area contributed by atoms with E-state index in [-0.39, 0.29) is 0 Å². The second kappa shape index (κ2) is 11.2. The van der Waals surface area contributed by atoms with Gasteiger partial charge in [0.1, 0.15) is 0 Å². The molecule has 2 nitrogen and oxygen atoms in total. The van der Waals surface area contributed by atoms with Crippen molar-refractivity contribution in [2.75, 3.05) is 0 Å². The van der Waals surface area contributed by atoms with Crippen molar-refractivity contribution in [2.45, 2.75) is 105 Å². The van der Waals surface area contributed by atoms with E-state index in [4.69, 9.17) is 0 Å². The fourth-order valence-corrected chi connectivity index (χ4v) is 5.04. The summed E-state index contributed by atoms with van der Waals surface area (Å²) in [4.78, 5) is 11.8. The number of carboxylic acids is 1. The van der Waals surface area contributed by atoms with Gasteiger partial charge in [-0.05, 0) is 88.8 Å². The van der Waals surface area contributed by atoms with Crippen LogP contribution in [0.2, 0.25) is 0 Å². The summed E-state index contributed by atoms with van der Waals surface area (Å²) in [5, 5.41) is 9.66. The van der Waals surface area contributed by atoms with Crippen LogP contribution in [-0.2, 0) is 24.1 Å². The van der Waals surface area contributed by atoms with Crippen molar-refractivity contribution in [3.8, 4) is 0 Å². The van der Waals surface area contributed by atoms with Gasteiger partial charge in [0.15, 0.2) is 0 Å². The van der Waals surface area contributed by atoms with Crippen molar-refractivity contribution in [3.05, 3.63) is 69.3 Å². The predicted molar refractivity (Wildman–Crippen MR) is 137 cm³/mol. The Morgan fingerprint density at radius 3 is 1.78 bits per heavy atom. The van der Waals surface area contributed by atoms with E-state index in [0.29, 0.717) is 23.7 Å². The third kappa shape index (κ3) is 6.24. The van der Waals surface area contributed by atoms with Crippen LogP contribution >= 0.6 is 0 Å². The molecular weight excluding hydrogens is 392 g/mol. The molecule has 0 aliphatic carbocycles. The Bertz CT molecular complexity index is 919. The van der Waals surface area contributed by atoms with Crippen molar-refractivity contribution < 1.29 is 9.90 Å². The lowest BCUT2D eigenvalue weighted by atomic mass is 9.79. The lowest BCUT2D eigenvalue weighted by Crippen LogP contribution is -2.13. The topological polar surface area (TPSA) is 37.3 Å². The second-order valence-corrected chi connectivity index (χ2v) is 10.8. The molecule has 1 unspecified atom stereocenters. The number of rotatable bonds is 10. The van der Waals surface area contributed by atoms with Crippen LogP contribution in [0, 0.1) is 5.92 Å². The van der Waals surface area contributed by atoms with Gasteiger partial charge in [-0.25, -0.2) is 0 Å². The average molecular weight is 437 g/mol. The summed E-state index contributed by atoms with van der Waals surface area (Å²) >= 11 is 0. The van der Waals surface area contributed by atoms with Gasteiger partial charge in [0, 0.05) is 0 Å². The molecule has 0 aliphatic rings. The highest BCUT2D eigenvalue weighted by Crippen LogP contribution is 2.36. The molecule has 2 rings (SSSR count). The summed E-state index contributed by atoms with van der Waals surface area (Å²) < 4.78 is 0. The summed E-state index contributed by atoms with van der Waals surface area (Å²) in [6.45, 7) is 20.0. The first-order valence-corrected chi connectivity index (χ1v) is 12.4. The third-order valence-corrected chi connectivity index (χ3v) is 6.54. The van der Waals surface area contributed by atoms with Crippen molar-refractivity contribution in [3.63, 3.8) is 0 Å². The standard InChI is InChI=1S/C30H44O2/c1-18(2)16-23-10-14-27(22(9)30(31)32)25(17-23)12-11-24-13-15-26(19(3)4)29(21(7)8)28(24)20(5)6/h10,13-15,17-22H,11-12,16H2,1-9H3,(H,31,32). The monoisotopic (exact) mass is 436 g/mol. The molecule has 2 aromatic carbocycles. The van der Waals surface area contributed by atoms with Gasteiger partial charge in [-0.1, -0.05) is 85.7 Å². The van der Waals surface area contributed by atoms with Gasteiger partial charge in [-0.15, -0.1) is 0 Å². The molecule has 0 amide bonds. The first-order valence-electron chi connectivity index (χ1n) is 12.4. The second-order valence-electron chi connectivity index (χ2n) is 10.8. The van der Waals surface area contributed by atoms with Crippen LogP contribution in [0.4, 0.5) is 0 Å². The van der Waals surface area contributed by atoms with Gasteiger partial charge >= 0.3 is 5.97 Å². The van der Waals surface area contributed by atoms with Gasteiger partial charge < -0.3 is 5.11 Å². The minimum Gasteiger partial charge on any atom is -0.481 e. The minimum atomic E-state index is -0.755. The third-order valence-electron chi connectivity index (χ3n) is 6.54. The molecule has 0 fully saturated rings. The molecular formula is C30H44O2. The van der Waals surface area contributed by atoms with Gasteiger partial charge in [-0.2, -0.15) is 0 Å². The van der Waals surface area contributed by atoms with E-state index in [1.807, 2.05) is 0 Å². The molecule has 0 bridgehead atoms. The zero-order valence-electron chi connectivity index (χ0n) is 21.8. The van der Waals surface area contributed by atoms with Crippen LogP contribution in [0.1, 0.15) is 125 Å². The summed E-state index contributed by atoms with van der Waals surface area (Å²) in [6, 6.07) is 11.1. The molecule has 32 heavy (non-hydrogen) atoms. The van der Waals surface area contributed by atoms with Crippen molar-refractivity contribution >= 4 is 5.97 Å². The summed E-state index contributed by atoms with van der Waals surface area (Å²) in [7, 11) is 0. The van der Waals surface area contributed by atoms with Crippen LogP contribution in [0.5, 0.6) is 0 Å². The van der Waals surface area contributed by atoms with Crippen molar-refractivity contribution in [1.82, 2.24) is 0 Å². The summed E-state index contributed by atoms with van der Waals surface area (Å²) in [6.07, 6.45) is 2.83. The first kappa shape index (κ1) is 26.2. The molecule has 176 valence electrons. The normalized spacial score (nSPS) is 12.9. The van der Waals surface area contributed by atoms with Crippen LogP contribution in [0.15, 0.2) is 30.3 Å². The number of aryl methyl sites for hydroxylation is 2. The van der Waals surface area contributed by atoms with E-state index < -0.39 is 11.9 Å². The SMILES string of the molecule is CC(C)Cc1ccc(C(C)C(=O)O)c(CCc2ccc(C(C)C)c(C(C)C)c2C(C)C)c1.